The van der Waals surface area contributed by atoms with Crippen molar-refractivity contribution in [2.24, 2.45) is 4.99 Å². The van der Waals surface area contributed by atoms with Gasteiger partial charge in [-0.15, -0.1) is 24.0 Å². The van der Waals surface area contributed by atoms with Gasteiger partial charge < -0.3 is 25.8 Å². The Morgan fingerprint density at radius 2 is 1.94 bits per heavy atom. The second kappa shape index (κ2) is 13.0. The van der Waals surface area contributed by atoms with Crippen LogP contribution in [0.1, 0.15) is 13.8 Å². The highest BCUT2D eigenvalue weighted by Crippen LogP contribution is 2.14. The maximum atomic E-state index is 10.7. The minimum absolute atomic E-state index is 0. The fourth-order valence-corrected chi connectivity index (χ4v) is 3.42. The third kappa shape index (κ3) is 8.76. The SMILES string of the molecule is CCNC(=NCC(C)(O)CN1CCOCC1)NCCNc1ccc2ccccc2n1.I. The van der Waals surface area contributed by atoms with E-state index < -0.39 is 5.60 Å². The number of guanidine groups is 1. The first-order valence-corrected chi connectivity index (χ1v) is 10.7. The Bertz CT molecular complexity index is 827. The van der Waals surface area contributed by atoms with Gasteiger partial charge in [-0.2, -0.15) is 0 Å². The molecule has 1 aliphatic rings. The van der Waals surface area contributed by atoms with Crippen molar-refractivity contribution in [3.63, 3.8) is 0 Å². The molecule has 0 bridgehead atoms. The van der Waals surface area contributed by atoms with E-state index in [1.807, 2.05) is 38.1 Å². The first-order chi connectivity index (χ1) is 14.6. The van der Waals surface area contributed by atoms with Crippen LogP contribution in [0.3, 0.4) is 0 Å². The predicted octanol–water partition coefficient (Wildman–Crippen LogP) is 1.90. The molecule has 2 aromatic rings. The summed E-state index contributed by atoms with van der Waals surface area (Å²) in [6.07, 6.45) is 0. The summed E-state index contributed by atoms with van der Waals surface area (Å²) >= 11 is 0. The van der Waals surface area contributed by atoms with Crippen molar-refractivity contribution < 1.29 is 9.84 Å². The Hall–Kier alpha value is -1.69. The first kappa shape index (κ1) is 25.6. The number of halogens is 1. The van der Waals surface area contributed by atoms with Gasteiger partial charge in [0.05, 0.1) is 30.9 Å². The quantitative estimate of drug-likeness (QED) is 0.167. The fraction of sp³-hybridized carbons (Fsp3) is 0.545. The number of aliphatic imine (C=N–C) groups is 1. The van der Waals surface area contributed by atoms with E-state index in [0.29, 0.717) is 32.1 Å². The number of anilines is 1. The van der Waals surface area contributed by atoms with Crippen LogP contribution < -0.4 is 16.0 Å². The van der Waals surface area contributed by atoms with E-state index in [-0.39, 0.29) is 24.0 Å². The molecule has 0 spiro atoms. The molecular formula is C22H35IN6O2. The van der Waals surface area contributed by atoms with Gasteiger partial charge in [0.15, 0.2) is 5.96 Å². The number of hydrogen-bond acceptors (Lipinski definition) is 6. The molecule has 172 valence electrons. The summed E-state index contributed by atoms with van der Waals surface area (Å²) in [6.45, 7) is 10.1. The zero-order chi connectivity index (χ0) is 21.2. The van der Waals surface area contributed by atoms with Crippen LogP contribution in [-0.2, 0) is 4.74 Å². The molecule has 1 aromatic heterocycles. The lowest BCUT2D eigenvalue weighted by molar-refractivity contribution is -0.0179. The third-order valence-corrected chi connectivity index (χ3v) is 4.91. The van der Waals surface area contributed by atoms with Crippen LogP contribution >= 0.6 is 24.0 Å². The number of fused-ring (bicyclic) bond motifs is 1. The van der Waals surface area contributed by atoms with Crippen molar-refractivity contribution in [1.29, 1.82) is 0 Å². The number of nitrogens with one attached hydrogen (secondary N) is 3. The zero-order valence-corrected chi connectivity index (χ0v) is 20.8. The number of rotatable bonds is 9. The van der Waals surface area contributed by atoms with Crippen molar-refractivity contribution in [2.75, 3.05) is 64.3 Å². The van der Waals surface area contributed by atoms with E-state index >= 15 is 0 Å². The van der Waals surface area contributed by atoms with E-state index in [0.717, 1.165) is 49.6 Å². The van der Waals surface area contributed by atoms with Gasteiger partial charge in [-0.25, -0.2) is 4.98 Å². The minimum Gasteiger partial charge on any atom is -0.387 e. The lowest BCUT2D eigenvalue weighted by atomic mass is 10.1. The second-order valence-electron chi connectivity index (χ2n) is 7.82. The Balaban J connectivity index is 0.00000341. The van der Waals surface area contributed by atoms with Gasteiger partial charge in [-0.05, 0) is 32.0 Å². The molecule has 0 saturated carbocycles. The molecule has 8 nitrogen and oxygen atoms in total. The molecule has 1 aromatic carbocycles. The minimum atomic E-state index is -0.882. The van der Waals surface area contributed by atoms with Gasteiger partial charge in [-0.3, -0.25) is 9.89 Å². The van der Waals surface area contributed by atoms with Crippen molar-refractivity contribution in [3.05, 3.63) is 36.4 Å². The van der Waals surface area contributed by atoms with Gasteiger partial charge in [0.1, 0.15) is 5.82 Å². The highest BCUT2D eigenvalue weighted by molar-refractivity contribution is 14.0. The van der Waals surface area contributed by atoms with Gasteiger partial charge in [0.2, 0.25) is 0 Å². The van der Waals surface area contributed by atoms with Crippen molar-refractivity contribution in [2.45, 2.75) is 19.4 Å². The van der Waals surface area contributed by atoms with E-state index in [1.165, 1.54) is 0 Å². The molecule has 31 heavy (non-hydrogen) atoms. The van der Waals surface area contributed by atoms with Crippen molar-refractivity contribution in [3.8, 4) is 0 Å². The molecule has 3 rings (SSSR count). The maximum Gasteiger partial charge on any atom is 0.191 e. The number of morpholine rings is 1. The molecule has 0 aliphatic carbocycles. The first-order valence-electron chi connectivity index (χ1n) is 10.7. The second-order valence-corrected chi connectivity index (χ2v) is 7.82. The maximum absolute atomic E-state index is 10.7. The Labute approximate surface area is 201 Å². The highest BCUT2D eigenvalue weighted by atomic mass is 127. The fourth-order valence-electron chi connectivity index (χ4n) is 3.42. The third-order valence-electron chi connectivity index (χ3n) is 4.91. The normalized spacial score (nSPS) is 16.9. The molecule has 4 N–H and O–H groups in total. The zero-order valence-electron chi connectivity index (χ0n) is 18.4. The molecule has 9 heteroatoms. The summed E-state index contributed by atoms with van der Waals surface area (Å²) in [4.78, 5) is 11.4. The number of aromatic nitrogens is 1. The summed E-state index contributed by atoms with van der Waals surface area (Å²) in [5.74, 6) is 1.55. The van der Waals surface area contributed by atoms with E-state index in [4.69, 9.17) is 4.74 Å². The van der Waals surface area contributed by atoms with Crippen LogP contribution in [0.5, 0.6) is 0 Å². The van der Waals surface area contributed by atoms with E-state index in [2.05, 4.69) is 43.0 Å². The van der Waals surface area contributed by atoms with E-state index in [1.54, 1.807) is 0 Å². The number of β-amino-alcohol motifs (C(OH)–C–C–N with tert-alkyl or cyclic N) is 1. The summed E-state index contributed by atoms with van der Waals surface area (Å²) in [5, 5.41) is 21.7. The summed E-state index contributed by atoms with van der Waals surface area (Å²) in [7, 11) is 0. The molecule has 1 fully saturated rings. The van der Waals surface area contributed by atoms with Crippen LogP contribution in [0.2, 0.25) is 0 Å². The number of benzene rings is 1. The number of hydrogen-bond donors (Lipinski definition) is 4. The Kier molecular flexibility index (Phi) is 10.7. The molecule has 1 atom stereocenters. The van der Waals surface area contributed by atoms with Crippen LogP contribution in [0.25, 0.3) is 10.9 Å². The average Bonchev–Trinajstić information content (AvgIpc) is 2.75. The Morgan fingerprint density at radius 3 is 2.71 bits per heavy atom. The number of aliphatic hydroxyl groups is 1. The number of nitrogens with zero attached hydrogens (tertiary/aromatic N) is 3. The summed E-state index contributed by atoms with van der Waals surface area (Å²) in [6, 6.07) is 12.1. The average molecular weight is 542 g/mol. The molecule has 1 saturated heterocycles. The molecular weight excluding hydrogens is 507 g/mol. The number of para-hydroxylation sites is 1. The predicted molar refractivity (Wildman–Crippen MR) is 138 cm³/mol. The van der Waals surface area contributed by atoms with Gasteiger partial charge in [0.25, 0.3) is 0 Å². The standard InChI is InChI=1S/C22H34N6O2.HI/c1-3-23-21(26-16-22(2,29)17-28-12-14-30-15-13-28)25-11-10-24-20-9-8-18-6-4-5-7-19(18)27-20;/h4-9,29H,3,10-17H2,1-2H3,(H,24,27)(H2,23,25,26);1H. The topological polar surface area (TPSA) is 94.0 Å². The molecule has 0 radical (unpaired) electrons. The smallest absolute Gasteiger partial charge is 0.191 e. The molecule has 1 aliphatic heterocycles. The lowest BCUT2D eigenvalue weighted by Crippen LogP contribution is -2.48. The van der Waals surface area contributed by atoms with Crippen LogP contribution in [0, 0.1) is 0 Å². The lowest BCUT2D eigenvalue weighted by Gasteiger charge is -2.33. The van der Waals surface area contributed by atoms with Gasteiger partial charge >= 0.3 is 0 Å². The number of pyridine rings is 1. The van der Waals surface area contributed by atoms with Crippen LogP contribution in [-0.4, -0.2) is 85.6 Å². The van der Waals surface area contributed by atoms with Gasteiger partial charge in [0, 0.05) is 44.7 Å². The number of ether oxygens (including phenoxy) is 1. The highest BCUT2D eigenvalue weighted by Gasteiger charge is 2.25. The van der Waals surface area contributed by atoms with Crippen LogP contribution in [0.15, 0.2) is 41.4 Å². The summed E-state index contributed by atoms with van der Waals surface area (Å²) in [5.41, 5.74) is 0.0975. The molecule has 2 heterocycles. The van der Waals surface area contributed by atoms with E-state index in [9.17, 15) is 5.11 Å². The van der Waals surface area contributed by atoms with Crippen LogP contribution in [0.4, 0.5) is 5.82 Å². The van der Waals surface area contributed by atoms with Crippen molar-refractivity contribution >= 4 is 46.7 Å². The largest absolute Gasteiger partial charge is 0.387 e. The summed E-state index contributed by atoms with van der Waals surface area (Å²) < 4.78 is 5.37. The molecule has 0 amide bonds. The van der Waals surface area contributed by atoms with Gasteiger partial charge in [-0.1, -0.05) is 18.2 Å². The Morgan fingerprint density at radius 1 is 1.16 bits per heavy atom. The monoisotopic (exact) mass is 542 g/mol. The molecule has 1 unspecified atom stereocenters. The van der Waals surface area contributed by atoms with Crippen molar-refractivity contribution in [1.82, 2.24) is 20.5 Å².